The number of carbonyl (C=O) groups is 3. The molecule has 0 bridgehead atoms. The van der Waals surface area contributed by atoms with Crippen LogP contribution in [0.4, 0.5) is 0 Å². The molecule has 166 valence electrons. The molecule has 0 saturated carbocycles. The van der Waals surface area contributed by atoms with Gasteiger partial charge < -0.3 is 19.1 Å². The van der Waals surface area contributed by atoms with Gasteiger partial charge in [-0.1, -0.05) is 17.7 Å². The summed E-state index contributed by atoms with van der Waals surface area (Å²) in [4.78, 5) is 42.1. The number of amides is 1. The molecule has 8 nitrogen and oxygen atoms in total. The van der Waals surface area contributed by atoms with Gasteiger partial charge in [0.05, 0.1) is 12.5 Å². The molecule has 1 amide bonds. The molecule has 1 fully saturated rings. The number of aromatic nitrogens is 1. The summed E-state index contributed by atoms with van der Waals surface area (Å²) in [6.07, 6.45) is 1.10. The molecular formula is C22H26N2O6S. The summed E-state index contributed by atoms with van der Waals surface area (Å²) in [5.74, 6) is -0.600. The number of ether oxygens (including phenoxy) is 3. The fraction of sp³-hybridized carbons (Fsp3) is 0.455. The fourth-order valence-corrected chi connectivity index (χ4v) is 3.84. The van der Waals surface area contributed by atoms with Gasteiger partial charge in [-0.15, -0.1) is 11.3 Å². The first-order valence-corrected chi connectivity index (χ1v) is 11.1. The number of likely N-dealkylation sites (tertiary alicyclic amines) is 1. The Morgan fingerprint density at radius 2 is 1.84 bits per heavy atom. The first-order chi connectivity index (χ1) is 15.0. The highest BCUT2D eigenvalue weighted by Crippen LogP contribution is 2.19. The molecule has 3 rings (SSSR count). The van der Waals surface area contributed by atoms with E-state index in [1.54, 1.807) is 17.2 Å². The summed E-state index contributed by atoms with van der Waals surface area (Å²) >= 11 is 1.29. The Morgan fingerprint density at radius 1 is 1.13 bits per heavy atom. The SMILES string of the molecule is CCOC(=O)C1CCN(C(=O)COC(=O)c2csc(COc3ccc(C)cc3)n2)CC1. The maximum Gasteiger partial charge on any atom is 0.358 e. The maximum absolute atomic E-state index is 12.3. The zero-order valence-corrected chi connectivity index (χ0v) is 18.5. The lowest BCUT2D eigenvalue weighted by atomic mass is 9.97. The van der Waals surface area contributed by atoms with Crippen LogP contribution in [0.5, 0.6) is 5.75 Å². The molecule has 2 heterocycles. The van der Waals surface area contributed by atoms with Crippen LogP contribution in [0.25, 0.3) is 0 Å². The van der Waals surface area contributed by atoms with E-state index in [0.29, 0.717) is 37.5 Å². The van der Waals surface area contributed by atoms with Crippen LogP contribution in [-0.2, 0) is 25.7 Å². The molecule has 2 aromatic rings. The molecule has 1 aromatic carbocycles. The maximum atomic E-state index is 12.3. The topological polar surface area (TPSA) is 95.0 Å². The lowest BCUT2D eigenvalue weighted by Crippen LogP contribution is -2.42. The fourth-order valence-electron chi connectivity index (χ4n) is 3.17. The Balaban J connectivity index is 1.41. The largest absolute Gasteiger partial charge is 0.486 e. The average Bonchev–Trinajstić information content (AvgIpc) is 3.26. The normalized spacial score (nSPS) is 14.2. The first kappa shape index (κ1) is 22.7. The molecule has 0 N–H and O–H groups in total. The molecule has 0 unspecified atom stereocenters. The van der Waals surface area contributed by atoms with Crippen molar-refractivity contribution < 1.29 is 28.6 Å². The van der Waals surface area contributed by atoms with Gasteiger partial charge in [-0.05, 0) is 38.8 Å². The molecule has 9 heteroatoms. The number of benzene rings is 1. The number of hydrogen-bond acceptors (Lipinski definition) is 8. The van der Waals surface area contributed by atoms with Crippen molar-refractivity contribution in [1.29, 1.82) is 0 Å². The van der Waals surface area contributed by atoms with Crippen molar-refractivity contribution in [3.63, 3.8) is 0 Å². The van der Waals surface area contributed by atoms with Gasteiger partial charge in [0.15, 0.2) is 12.3 Å². The zero-order valence-electron chi connectivity index (χ0n) is 17.7. The smallest absolute Gasteiger partial charge is 0.358 e. The third-order valence-corrected chi connectivity index (χ3v) is 5.76. The van der Waals surface area contributed by atoms with Crippen LogP contribution >= 0.6 is 11.3 Å². The number of thiazole rings is 1. The molecule has 1 aliphatic heterocycles. The quantitative estimate of drug-likeness (QED) is 0.575. The van der Waals surface area contributed by atoms with E-state index in [1.165, 1.54) is 11.3 Å². The van der Waals surface area contributed by atoms with Crippen LogP contribution in [0.2, 0.25) is 0 Å². The molecule has 1 aliphatic rings. The van der Waals surface area contributed by atoms with E-state index >= 15 is 0 Å². The van der Waals surface area contributed by atoms with Crippen LogP contribution < -0.4 is 4.74 Å². The van der Waals surface area contributed by atoms with E-state index < -0.39 is 5.97 Å². The number of carbonyl (C=O) groups excluding carboxylic acids is 3. The Labute approximate surface area is 185 Å². The second-order valence-corrected chi connectivity index (χ2v) is 8.15. The third kappa shape index (κ3) is 6.52. The zero-order chi connectivity index (χ0) is 22.2. The number of rotatable bonds is 8. The molecule has 1 aromatic heterocycles. The minimum absolute atomic E-state index is 0.154. The highest BCUT2D eigenvalue weighted by atomic mass is 32.1. The summed E-state index contributed by atoms with van der Waals surface area (Å²) < 4.78 is 15.8. The number of nitrogens with zero attached hydrogens (tertiary/aromatic N) is 2. The molecular weight excluding hydrogens is 420 g/mol. The Bertz CT molecular complexity index is 903. The number of aryl methyl sites for hydroxylation is 1. The van der Waals surface area contributed by atoms with Crippen LogP contribution in [0.1, 0.15) is 40.8 Å². The van der Waals surface area contributed by atoms with Gasteiger partial charge in [0, 0.05) is 18.5 Å². The number of piperidine rings is 1. The van der Waals surface area contributed by atoms with Crippen molar-refractivity contribution in [1.82, 2.24) is 9.88 Å². The molecule has 1 saturated heterocycles. The van der Waals surface area contributed by atoms with E-state index in [0.717, 1.165) is 11.3 Å². The monoisotopic (exact) mass is 446 g/mol. The molecule has 0 atom stereocenters. The molecule has 0 aliphatic carbocycles. The minimum atomic E-state index is -0.646. The van der Waals surface area contributed by atoms with E-state index in [-0.39, 0.29) is 36.7 Å². The summed E-state index contributed by atoms with van der Waals surface area (Å²) in [6.45, 7) is 4.90. The van der Waals surface area contributed by atoms with Crippen LogP contribution in [0.3, 0.4) is 0 Å². The Kier molecular flexibility index (Phi) is 8.00. The van der Waals surface area contributed by atoms with Gasteiger partial charge in [0.2, 0.25) is 0 Å². The second kappa shape index (κ2) is 10.9. The van der Waals surface area contributed by atoms with Gasteiger partial charge in [-0.3, -0.25) is 9.59 Å². The molecule has 0 spiro atoms. The van der Waals surface area contributed by atoms with Gasteiger partial charge in [-0.25, -0.2) is 9.78 Å². The van der Waals surface area contributed by atoms with E-state index in [9.17, 15) is 14.4 Å². The summed E-state index contributed by atoms with van der Waals surface area (Å²) in [7, 11) is 0. The van der Waals surface area contributed by atoms with E-state index in [1.807, 2.05) is 31.2 Å². The predicted molar refractivity (Wildman–Crippen MR) is 114 cm³/mol. The number of esters is 2. The molecule has 0 radical (unpaired) electrons. The number of hydrogen-bond donors (Lipinski definition) is 0. The predicted octanol–water partition coefficient (Wildman–Crippen LogP) is 2.99. The lowest BCUT2D eigenvalue weighted by Gasteiger charge is -2.30. The standard InChI is InChI=1S/C22H26N2O6S/c1-3-28-21(26)16-8-10-24(11-9-16)20(25)13-30-22(27)18-14-31-19(23-18)12-29-17-6-4-15(2)5-7-17/h4-7,14,16H,3,8-13H2,1-2H3. The van der Waals surface area contributed by atoms with Gasteiger partial charge in [0.1, 0.15) is 17.4 Å². The average molecular weight is 447 g/mol. The highest BCUT2D eigenvalue weighted by molar-refractivity contribution is 7.09. The summed E-state index contributed by atoms with van der Waals surface area (Å²) in [5.41, 5.74) is 1.30. The van der Waals surface area contributed by atoms with Crippen LogP contribution in [0, 0.1) is 12.8 Å². The third-order valence-electron chi connectivity index (χ3n) is 4.94. The van der Waals surface area contributed by atoms with Crippen LogP contribution in [0.15, 0.2) is 29.6 Å². The van der Waals surface area contributed by atoms with Gasteiger partial charge in [0.25, 0.3) is 5.91 Å². The van der Waals surface area contributed by atoms with Crippen molar-refractivity contribution in [3.8, 4) is 5.75 Å². The van der Waals surface area contributed by atoms with Gasteiger partial charge in [-0.2, -0.15) is 0 Å². The van der Waals surface area contributed by atoms with Crippen molar-refractivity contribution in [2.45, 2.75) is 33.3 Å². The van der Waals surface area contributed by atoms with E-state index in [2.05, 4.69) is 4.98 Å². The Hall–Kier alpha value is -2.94. The summed E-state index contributed by atoms with van der Waals surface area (Å²) in [6, 6.07) is 7.66. The van der Waals surface area contributed by atoms with Crippen molar-refractivity contribution in [3.05, 3.63) is 45.9 Å². The lowest BCUT2D eigenvalue weighted by molar-refractivity contribution is -0.151. The highest BCUT2D eigenvalue weighted by Gasteiger charge is 2.28. The van der Waals surface area contributed by atoms with Gasteiger partial charge >= 0.3 is 11.9 Å². The van der Waals surface area contributed by atoms with Crippen LogP contribution in [-0.4, -0.2) is 54.0 Å². The molecule has 31 heavy (non-hydrogen) atoms. The minimum Gasteiger partial charge on any atom is -0.486 e. The second-order valence-electron chi connectivity index (χ2n) is 7.21. The van der Waals surface area contributed by atoms with Crippen molar-refractivity contribution >= 4 is 29.2 Å². The van der Waals surface area contributed by atoms with E-state index in [4.69, 9.17) is 14.2 Å². The summed E-state index contributed by atoms with van der Waals surface area (Å²) in [5, 5.41) is 2.23. The van der Waals surface area contributed by atoms with Crippen molar-refractivity contribution in [2.24, 2.45) is 5.92 Å². The first-order valence-electron chi connectivity index (χ1n) is 10.2. The Morgan fingerprint density at radius 3 is 2.52 bits per heavy atom. The van der Waals surface area contributed by atoms with Crippen molar-refractivity contribution in [2.75, 3.05) is 26.3 Å².